The van der Waals surface area contributed by atoms with Gasteiger partial charge in [0.15, 0.2) is 5.96 Å². The average Bonchev–Trinajstić information content (AvgIpc) is 3.13. The van der Waals surface area contributed by atoms with E-state index in [1.54, 1.807) is 11.3 Å². The Morgan fingerprint density at radius 2 is 1.88 bits per heavy atom. The summed E-state index contributed by atoms with van der Waals surface area (Å²) in [7, 11) is 0. The van der Waals surface area contributed by atoms with Gasteiger partial charge in [-0.25, -0.2) is 0 Å². The second kappa shape index (κ2) is 9.08. The van der Waals surface area contributed by atoms with Gasteiger partial charge < -0.3 is 20.4 Å². The number of nitrogens with zero attached hydrogens (tertiary/aromatic N) is 3. The van der Waals surface area contributed by atoms with Crippen LogP contribution in [0.15, 0.2) is 22.5 Å². The van der Waals surface area contributed by atoms with Crippen LogP contribution in [0.4, 0.5) is 5.00 Å². The van der Waals surface area contributed by atoms with Crippen molar-refractivity contribution in [2.45, 2.75) is 27.7 Å². The quantitative estimate of drug-likeness (QED) is 0.598. The van der Waals surface area contributed by atoms with Gasteiger partial charge in [-0.1, -0.05) is 0 Å². The van der Waals surface area contributed by atoms with Gasteiger partial charge in [0.1, 0.15) is 0 Å². The zero-order valence-corrected chi connectivity index (χ0v) is 16.7. The second-order valence-corrected chi connectivity index (χ2v) is 7.77. The Balaban J connectivity index is 1.97. The van der Waals surface area contributed by atoms with E-state index in [0.29, 0.717) is 13.1 Å². The minimum Gasteiger partial charge on any atom is -0.360 e. The molecule has 0 spiro atoms. The standard InChI is InChI=1S/C18H31N5OS/c1-5-19-16(24)18(3,4)14-21-17(20-6-2)23-11-9-22(10-12-23)15-8-7-13-25-15/h7-8,13H,5-6,9-12,14H2,1-4H3,(H,19,24)(H,20,21). The molecule has 2 heterocycles. The van der Waals surface area contributed by atoms with Crippen LogP contribution in [0, 0.1) is 5.41 Å². The van der Waals surface area contributed by atoms with Crippen molar-refractivity contribution in [1.82, 2.24) is 15.5 Å². The Morgan fingerprint density at radius 3 is 2.44 bits per heavy atom. The largest absolute Gasteiger partial charge is 0.360 e. The number of anilines is 1. The van der Waals surface area contributed by atoms with Crippen LogP contribution in [-0.4, -0.2) is 62.6 Å². The van der Waals surface area contributed by atoms with E-state index < -0.39 is 5.41 Å². The van der Waals surface area contributed by atoms with Crippen molar-refractivity contribution in [3.05, 3.63) is 17.5 Å². The number of aliphatic imine (C=N–C) groups is 1. The fraction of sp³-hybridized carbons (Fsp3) is 0.667. The zero-order valence-electron chi connectivity index (χ0n) is 15.8. The molecule has 25 heavy (non-hydrogen) atoms. The van der Waals surface area contributed by atoms with E-state index in [-0.39, 0.29) is 5.91 Å². The summed E-state index contributed by atoms with van der Waals surface area (Å²) in [5, 5.41) is 9.72. The molecule has 2 N–H and O–H groups in total. The minimum atomic E-state index is -0.504. The van der Waals surface area contributed by atoms with Crippen LogP contribution in [0.1, 0.15) is 27.7 Å². The first-order valence-corrected chi connectivity index (χ1v) is 9.96. The molecule has 1 aromatic rings. The first-order chi connectivity index (χ1) is 12.0. The molecule has 1 aliphatic heterocycles. The summed E-state index contributed by atoms with van der Waals surface area (Å²) in [5.74, 6) is 0.961. The molecular formula is C18H31N5OS. The molecule has 0 aromatic carbocycles. The maximum atomic E-state index is 12.2. The minimum absolute atomic E-state index is 0.0529. The average molecular weight is 366 g/mol. The molecule has 7 heteroatoms. The summed E-state index contributed by atoms with van der Waals surface area (Å²) in [5.41, 5.74) is -0.504. The van der Waals surface area contributed by atoms with Gasteiger partial charge in [-0.3, -0.25) is 9.79 Å². The summed E-state index contributed by atoms with van der Waals surface area (Å²) < 4.78 is 0. The Bertz CT molecular complexity index is 562. The molecular weight excluding hydrogens is 334 g/mol. The highest BCUT2D eigenvalue weighted by molar-refractivity contribution is 7.14. The van der Waals surface area contributed by atoms with Gasteiger partial charge in [-0.2, -0.15) is 0 Å². The Hall–Kier alpha value is -1.76. The van der Waals surface area contributed by atoms with Crippen LogP contribution < -0.4 is 15.5 Å². The molecule has 1 amide bonds. The molecule has 0 bridgehead atoms. The van der Waals surface area contributed by atoms with E-state index in [2.05, 4.69) is 44.9 Å². The molecule has 2 rings (SSSR count). The third kappa shape index (κ3) is 5.36. The maximum Gasteiger partial charge on any atom is 0.227 e. The lowest BCUT2D eigenvalue weighted by molar-refractivity contribution is -0.128. The van der Waals surface area contributed by atoms with E-state index in [9.17, 15) is 4.79 Å². The van der Waals surface area contributed by atoms with Crippen LogP contribution in [0.5, 0.6) is 0 Å². The van der Waals surface area contributed by atoms with Crippen molar-refractivity contribution < 1.29 is 4.79 Å². The highest BCUT2D eigenvalue weighted by atomic mass is 32.1. The van der Waals surface area contributed by atoms with E-state index in [4.69, 9.17) is 4.99 Å². The van der Waals surface area contributed by atoms with E-state index in [1.807, 2.05) is 20.8 Å². The number of guanidine groups is 1. The molecule has 0 unspecified atom stereocenters. The third-order valence-electron chi connectivity index (χ3n) is 4.31. The Kier molecular flexibility index (Phi) is 7.11. The fourth-order valence-electron chi connectivity index (χ4n) is 2.76. The first-order valence-electron chi connectivity index (χ1n) is 9.08. The zero-order chi connectivity index (χ0) is 18.3. The fourth-order valence-corrected chi connectivity index (χ4v) is 3.54. The van der Waals surface area contributed by atoms with Crippen molar-refractivity contribution in [3.63, 3.8) is 0 Å². The molecule has 140 valence electrons. The molecule has 6 nitrogen and oxygen atoms in total. The number of rotatable bonds is 6. The SMILES string of the molecule is CCNC(=O)C(C)(C)CN=C(NCC)N1CCN(c2cccs2)CC1. The number of hydrogen-bond acceptors (Lipinski definition) is 4. The molecule has 1 fully saturated rings. The molecule has 0 radical (unpaired) electrons. The number of carbonyl (C=O) groups excluding carboxylic acids is 1. The summed E-state index contributed by atoms with van der Waals surface area (Å²) in [6, 6.07) is 4.27. The van der Waals surface area contributed by atoms with E-state index in [1.165, 1.54) is 5.00 Å². The van der Waals surface area contributed by atoms with Crippen LogP contribution in [0.25, 0.3) is 0 Å². The molecule has 1 aliphatic rings. The van der Waals surface area contributed by atoms with Gasteiger partial charge in [0, 0.05) is 39.3 Å². The number of amides is 1. The van der Waals surface area contributed by atoms with Crippen LogP contribution in [0.2, 0.25) is 0 Å². The van der Waals surface area contributed by atoms with Crippen molar-refractivity contribution >= 4 is 28.2 Å². The van der Waals surface area contributed by atoms with E-state index in [0.717, 1.165) is 38.7 Å². The topological polar surface area (TPSA) is 60.0 Å². The van der Waals surface area contributed by atoms with Crippen LogP contribution >= 0.6 is 11.3 Å². The van der Waals surface area contributed by atoms with Gasteiger partial charge in [-0.15, -0.1) is 11.3 Å². The second-order valence-electron chi connectivity index (χ2n) is 6.84. The summed E-state index contributed by atoms with van der Waals surface area (Å²) >= 11 is 1.79. The highest BCUT2D eigenvalue weighted by Crippen LogP contribution is 2.22. The maximum absolute atomic E-state index is 12.2. The lowest BCUT2D eigenvalue weighted by atomic mass is 9.92. The van der Waals surface area contributed by atoms with Crippen molar-refractivity contribution in [2.24, 2.45) is 10.4 Å². The number of piperazine rings is 1. The monoisotopic (exact) mass is 365 g/mol. The lowest BCUT2D eigenvalue weighted by Gasteiger charge is -2.37. The van der Waals surface area contributed by atoms with Crippen LogP contribution in [0.3, 0.4) is 0 Å². The van der Waals surface area contributed by atoms with Gasteiger partial charge in [-0.05, 0) is 45.2 Å². The highest BCUT2D eigenvalue weighted by Gasteiger charge is 2.28. The number of carbonyl (C=O) groups is 1. The number of thiophene rings is 1. The third-order valence-corrected chi connectivity index (χ3v) is 5.24. The predicted molar refractivity (Wildman–Crippen MR) is 107 cm³/mol. The molecule has 0 saturated carbocycles. The van der Waals surface area contributed by atoms with E-state index >= 15 is 0 Å². The normalized spacial score (nSPS) is 16.1. The Morgan fingerprint density at radius 1 is 1.20 bits per heavy atom. The summed E-state index contributed by atoms with van der Waals surface area (Å²) in [6.07, 6.45) is 0. The summed E-state index contributed by atoms with van der Waals surface area (Å²) in [4.78, 5) is 21.6. The van der Waals surface area contributed by atoms with Crippen molar-refractivity contribution in [2.75, 3.05) is 50.7 Å². The lowest BCUT2D eigenvalue weighted by Crippen LogP contribution is -2.52. The smallest absolute Gasteiger partial charge is 0.227 e. The van der Waals surface area contributed by atoms with Crippen molar-refractivity contribution in [1.29, 1.82) is 0 Å². The summed E-state index contributed by atoms with van der Waals surface area (Å²) in [6.45, 7) is 13.7. The van der Waals surface area contributed by atoms with Gasteiger partial charge in [0.2, 0.25) is 5.91 Å². The predicted octanol–water partition coefficient (Wildman–Crippen LogP) is 2.00. The first kappa shape index (κ1) is 19.6. The van der Waals surface area contributed by atoms with Crippen LogP contribution in [-0.2, 0) is 4.79 Å². The van der Waals surface area contributed by atoms with Crippen molar-refractivity contribution in [3.8, 4) is 0 Å². The molecule has 1 aromatic heterocycles. The van der Waals surface area contributed by atoms with Gasteiger partial charge in [0.25, 0.3) is 0 Å². The van der Waals surface area contributed by atoms with Gasteiger partial charge >= 0.3 is 0 Å². The molecule has 1 saturated heterocycles. The van der Waals surface area contributed by atoms with Gasteiger partial charge in [0.05, 0.1) is 17.0 Å². The Labute approximate surface area is 155 Å². The molecule has 0 aliphatic carbocycles. The number of hydrogen-bond donors (Lipinski definition) is 2. The molecule has 0 atom stereocenters. The number of nitrogens with one attached hydrogen (secondary N) is 2.